The number of fused-ring (bicyclic) bond motifs is 1. The molecule has 0 amide bonds. The summed E-state index contributed by atoms with van der Waals surface area (Å²) in [7, 11) is -3.48. The number of sulfonamides is 1. The Morgan fingerprint density at radius 3 is 2.50 bits per heavy atom. The summed E-state index contributed by atoms with van der Waals surface area (Å²) >= 11 is 0. The van der Waals surface area contributed by atoms with Crippen molar-refractivity contribution in [3.63, 3.8) is 0 Å². The number of carboxylic acid groups (broad SMARTS) is 1. The monoisotopic (exact) mass is 433 g/mol. The first-order valence-electron chi connectivity index (χ1n) is 9.49. The fourth-order valence-corrected chi connectivity index (χ4v) is 4.26. The van der Waals surface area contributed by atoms with E-state index < -0.39 is 16.0 Å². The number of nitrogens with one attached hydrogen (secondary N) is 1. The number of hydrogen-bond donors (Lipinski definition) is 2. The number of nitrogens with zero attached hydrogens (tertiary/aromatic N) is 2. The molecule has 2 N–H and O–H groups in total. The first-order valence-corrected chi connectivity index (χ1v) is 11.4. The van der Waals surface area contributed by atoms with Gasteiger partial charge in [0.2, 0.25) is 16.8 Å². The van der Waals surface area contributed by atoms with E-state index in [1.54, 1.807) is 12.1 Å². The molecule has 0 bridgehead atoms. The van der Waals surface area contributed by atoms with Crippen molar-refractivity contribution in [2.75, 3.05) is 48.8 Å². The zero-order valence-electron chi connectivity index (χ0n) is 16.5. The molecule has 0 atom stereocenters. The van der Waals surface area contributed by atoms with Crippen LogP contribution in [0.15, 0.2) is 36.4 Å². The molecule has 2 aromatic carbocycles. The molecule has 0 saturated carbocycles. The summed E-state index contributed by atoms with van der Waals surface area (Å²) in [6.45, 7) is 3.91. The second-order valence-corrected chi connectivity index (χ2v) is 9.11. The lowest BCUT2D eigenvalue weighted by atomic mass is 10.1. The summed E-state index contributed by atoms with van der Waals surface area (Å²) in [6, 6.07) is 10.5. The van der Waals surface area contributed by atoms with Crippen LogP contribution < -0.4 is 19.1 Å². The Kier molecular flexibility index (Phi) is 5.44. The van der Waals surface area contributed by atoms with E-state index in [-0.39, 0.29) is 18.0 Å². The number of carbonyl (C=O) groups is 1. The zero-order valence-corrected chi connectivity index (χ0v) is 17.3. The van der Waals surface area contributed by atoms with Gasteiger partial charge in [-0.1, -0.05) is 6.07 Å². The molecule has 0 radical (unpaired) electrons. The van der Waals surface area contributed by atoms with Crippen molar-refractivity contribution < 1.29 is 27.8 Å². The molecule has 1 fully saturated rings. The normalized spacial score (nSPS) is 16.5. The third-order valence-corrected chi connectivity index (χ3v) is 5.69. The van der Waals surface area contributed by atoms with Crippen molar-refractivity contribution in [1.82, 2.24) is 4.90 Å². The number of benzene rings is 2. The topological polar surface area (TPSA) is 108 Å². The molecule has 10 heteroatoms. The first-order chi connectivity index (χ1) is 14.3. The molecular formula is C20H23N3O6S. The third kappa shape index (κ3) is 4.60. The largest absolute Gasteiger partial charge is 0.478 e. The Morgan fingerprint density at radius 1 is 1.07 bits per heavy atom. The fraction of sp³-hybridized carbons (Fsp3) is 0.350. The highest BCUT2D eigenvalue weighted by atomic mass is 32.2. The van der Waals surface area contributed by atoms with Crippen LogP contribution in [0.3, 0.4) is 0 Å². The van der Waals surface area contributed by atoms with Gasteiger partial charge in [0.15, 0.2) is 11.5 Å². The predicted octanol–water partition coefficient (Wildman–Crippen LogP) is 1.81. The van der Waals surface area contributed by atoms with E-state index in [9.17, 15) is 18.3 Å². The van der Waals surface area contributed by atoms with Gasteiger partial charge in [0.1, 0.15) is 0 Å². The number of hydrogen-bond acceptors (Lipinski definition) is 7. The average Bonchev–Trinajstić information content (AvgIpc) is 3.15. The van der Waals surface area contributed by atoms with Crippen molar-refractivity contribution in [3.8, 4) is 11.5 Å². The van der Waals surface area contributed by atoms with Gasteiger partial charge in [0, 0.05) is 38.4 Å². The second-order valence-electron chi connectivity index (χ2n) is 7.36. The highest BCUT2D eigenvalue weighted by molar-refractivity contribution is 7.92. The number of rotatable bonds is 6. The summed E-state index contributed by atoms with van der Waals surface area (Å²) in [5, 5.41) is 9.61. The number of carboxylic acids is 1. The fourth-order valence-electron chi connectivity index (χ4n) is 3.71. The summed E-state index contributed by atoms with van der Waals surface area (Å²) in [6.07, 6.45) is 1.03. The van der Waals surface area contributed by atoms with Gasteiger partial charge in [0.05, 0.1) is 17.5 Å². The van der Waals surface area contributed by atoms with Crippen molar-refractivity contribution in [1.29, 1.82) is 0 Å². The minimum absolute atomic E-state index is 0.0767. The molecule has 4 rings (SSSR count). The molecule has 0 spiro atoms. The van der Waals surface area contributed by atoms with Gasteiger partial charge in [0.25, 0.3) is 0 Å². The lowest BCUT2D eigenvalue weighted by molar-refractivity contribution is 0.0697. The van der Waals surface area contributed by atoms with Crippen LogP contribution in [0, 0.1) is 0 Å². The van der Waals surface area contributed by atoms with Gasteiger partial charge in [-0.15, -0.1) is 0 Å². The molecule has 0 aliphatic carbocycles. The van der Waals surface area contributed by atoms with Crippen molar-refractivity contribution in [2.24, 2.45) is 0 Å². The van der Waals surface area contributed by atoms with E-state index >= 15 is 0 Å². The Balaban J connectivity index is 1.42. The van der Waals surface area contributed by atoms with E-state index in [1.807, 2.05) is 23.1 Å². The molecule has 2 aliphatic rings. The molecule has 160 valence electrons. The molecule has 0 aromatic heterocycles. The summed E-state index contributed by atoms with van der Waals surface area (Å²) in [5.74, 6) is 0.434. The highest BCUT2D eigenvalue weighted by Crippen LogP contribution is 2.33. The maximum Gasteiger partial charge on any atom is 0.337 e. The van der Waals surface area contributed by atoms with Crippen LogP contribution in [0.5, 0.6) is 11.5 Å². The van der Waals surface area contributed by atoms with Gasteiger partial charge in [-0.2, -0.15) is 0 Å². The Labute approximate surface area is 174 Å². The van der Waals surface area contributed by atoms with Gasteiger partial charge in [-0.05, 0) is 35.9 Å². The van der Waals surface area contributed by atoms with Crippen molar-refractivity contribution in [3.05, 3.63) is 47.5 Å². The number of piperazine rings is 1. The maximum atomic E-state index is 11.7. The summed E-state index contributed by atoms with van der Waals surface area (Å²) < 4.78 is 36.0. The van der Waals surface area contributed by atoms with Crippen molar-refractivity contribution >= 4 is 27.4 Å². The van der Waals surface area contributed by atoms with E-state index in [0.29, 0.717) is 18.8 Å². The Bertz CT molecular complexity index is 1060. The summed E-state index contributed by atoms with van der Waals surface area (Å²) in [5.41, 5.74) is 2.03. The Morgan fingerprint density at radius 2 is 1.80 bits per heavy atom. The molecule has 2 aromatic rings. The smallest absolute Gasteiger partial charge is 0.337 e. The van der Waals surface area contributed by atoms with E-state index in [4.69, 9.17) is 9.47 Å². The standard InChI is InChI=1S/C20H23N3O6S/c1-30(26,27)21-15-3-4-17(16(11-15)20(24)25)23-8-6-22(7-9-23)12-14-2-5-18-19(10-14)29-13-28-18/h2-5,10-11,21H,6-9,12-13H2,1H3,(H,24,25). The average molecular weight is 433 g/mol. The van der Waals surface area contributed by atoms with E-state index in [2.05, 4.69) is 9.62 Å². The molecule has 2 heterocycles. The number of ether oxygens (including phenoxy) is 2. The molecule has 1 saturated heterocycles. The Hall–Kier alpha value is -2.98. The third-order valence-electron chi connectivity index (χ3n) is 5.09. The lowest BCUT2D eigenvalue weighted by Crippen LogP contribution is -2.46. The minimum atomic E-state index is -3.48. The van der Waals surface area contributed by atoms with Gasteiger partial charge in [-0.25, -0.2) is 13.2 Å². The van der Waals surface area contributed by atoms with Crippen LogP contribution in [0.25, 0.3) is 0 Å². The van der Waals surface area contributed by atoms with E-state index in [0.717, 1.165) is 43.0 Å². The maximum absolute atomic E-state index is 11.7. The molecule has 30 heavy (non-hydrogen) atoms. The SMILES string of the molecule is CS(=O)(=O)Nc1ccc(N2CCN(Cc3ccc4c(c3)OCO4)CC2)c(C(=O)O)c1. The van der Waals surface area contributed by atoms with Crippen molar-refractivity contribution in [2.45, 2.75) is 6.54 Å². The van der Waals surface area contributed by atoms with Gasteiger partial charge < -0.3 is 19.5 Å². The molecule has 2 aliphatic heterocycles. The van der Waals surface area contributed by atoms with Crippen LogP contribution >= 0.6 is 0 Å². The van der Waals surface area contributed by atoms with Gasteiger partial charge in [-0.3, -0.25) is 9.62 Å². The van der Waals surface area contributed by atoms with Crippen LogP contribution in [0.2, 0.25) is 0 Å². The summed E-state index contributed by atoms with van der Waals surface area (Å²) in [4.78, 5) is 16.1. The zero-order chi connectivity index (χ0) is 21.3. The second kappa shape index (κ2) is 8.04. The molecule has 9 nitrogen and oxygen atoms in total. The van der Waals surface area contributed by atoms with E-state index in [1.165, 1.54) is 6.07 Å². The van der Waals surface area contributed by atoms with Crippen LogP contribution in [0.4, 0.5) is 11.4 Å². The van der Waals surface area contributed by atoms with Crippen LogP contribution in [-0.4, -0.2) is 63.6 Å². The van der Waals surface area contributed by atoms with Crippen LogP contribution in [-0.2, 0) is 16.6 Å². The number of anilines is 2. The minimum Gasteiger partial charge on any atom is -0.478 e. The predicted molar refractivity (Wildman–Crippen MR) is 112 cm³/mol. The van der Waals surface area contributed by atoms with Crippen LogP contribution in [0.1, 0.15) is 15.9 Å². The first kappa shape index (κ1) is 20.3. The molecule has 0 unspecified atom stereocenters. The highest BCUT2D eigenvalue weighted by Gasteiger charge is 2.23. The molecular weight excluding hydrogens is 410 g/mol. The lowest BCUT2D eigenvalue weighted by Gasteiger charge is -2.36. The number of aromatic carboxylic acids is 1. The quantitative estimate of drug-likeness (QED) is 0.710. The van der Waals surface area contributed by atoms with Gasteiger partial charge >= 0.3 is 5.97 Å².